The topological polar surface area (TPSA) is 32.3 Å². The third-order valence-corrected chi connectivity index (χ3v) is 4.45. The van der Waals surface area contributed by atoms with Crippen molar-refractivity contribution in [3.05, 3.63) is 35.9 Å². The van der Waals surface area contributed by atoms with Crippen molar-refractivity contribution < 1.29 is 4.79 Å². The Bertz CT molecular complexity index is 434. The first-order chi connectivity index (χ1) is 9.81. The number of hydrogen-bond donors (Lipinski definition) is 1. The van der Waals surface area contributed by atoms with Crippen molar-refractivity contribution in [2.75, 3.05) is 19.6 Å². The minimum absolute atomic E-state index is 0.287. The molecule has 0 bridgehead atoms. The Morgan fingerprint density at radius 3 is 2.45 bits per heavy atom. The van der Waals surface area contributed by atoms with Gasteiger partial charge in [-0.3, -0.25) is 4.79 Å². The number of carbonyl (C=O) groups is 1. The number of rotatable bonds is 5. The standard InChI is InChI=1S/C17H24N2O/c20-17(13-18-16-6-7-16)19-10-8-15(9-11-19)12-14-4-2-1-3-5-14/h1-5,15-16,18H,6-13H2. The zero-order chi connectivity index (χ0) is 13.8. The molecule has 1 N–H and O–H groups in total. The van der Waals surface area contributed by atoms with Gasteiger partial charge in [-0.1, -0.05) is 30.3 Å². The molecule has 0 radical (unpaired) electrons. The van der Waals surface area contributed by atoms with Gasteiger partial charge in [0.25, 0.3) is 0 Å². The van der Waals surface area contributed by atoms with Gasteiger partial charge in [-0.2, -0.15) is 0 Å². The lowest BCUT2D eigenvalue weighted by Gasteiger charge is -2.32. The second-order valence-corrected chi connectivity index (χ2v) is 6.17. The fourth-order valence-electron chi connectivity index (χ4n) is 2.96. The van der Waals surface area contributed by atoms with Crippen LogP contribution in [0.15, 0.2) is 30.3 Å². The van der Waals surface area contributed by atoms with E-state index in [0.29, 0.717) is 12.6 Å². The van der Waals surface area contributed by atoms with Gasteiger partial charge < -0.3 is 10.2 Å². The zero-order valence-corrected chi connectivity index (χ0v) is 12.1. The van der Waals surface area contributed by atoms with Crippen molar-refractivity contribution in [2.24, 2.45) is 5.92 Å². The van der Waals surface area contributed by atoms with Crippen molar-refractivity contribution in [3.63, 3.8) is 0 Å². The number of amides is 1. The smallest absolute Gasteiger partial charge is 0.236 e. The average Bonchev–Trinajstić information content (AvgIpc) is 3.31. The molecular formula is C17H24N2O. The number of hydrogen-bond acceptors (Lipinski definition) is 2. The number of carbonyl (C=O) groups excluding carboxylic acids is 1. The van der Waals surface area contributed by atoms with E-state index < -0.39 is 0 Å². The van der Waals surface area contributed by atoms with Crippen molar-refractivity contribution >= 4 is 5.91 Å². The van der Waals surface area contributed by atoms with Crippen molar-refractivity contribution in [3.8, 4) is 0 Å². The maximum Gasteiger partial charge on any atom is 0.236 e. The Balaban J connectivity index is 1.40. The third-order valence-electron chi connectivity index (χ3n) is 4.45. The highest BCUT2D eigenvalue weighted by atomic mass is 16.2. The zero-order valence-electron chi connectivity index (χ0n) is 12.1. The summed E-state index contributed by atoms with van der Waals surface area (Å²) in [5, 5.41) is 3.31. The molecule has 1 aromatic rings. The monoisotopic (exact) mass is 272 g/mol. The van der Waals surface area contributed by atoms with E-state index in [0.717, 1.165) is 38.3 Å². The number of nitrogens with zero attached hydrogens (tertiary/aromatic N) is 1. The van der Waals surface area contributed by atoms with Gasteiger partial charge >= 0.3 is 0 Å². The predicted octanol–water partition coefficient (Wildman–Crippen LogP) is 2.22. The first kappa shape index (κ1) is 13.6. The van der Waals surface area contributed by atoms with Crippen LogP contribution in [0, 0.1) is 5.92 Å². The molecule has 108 valence electrons. The second-order valence-electron chi connectivity index (χ2n) is 6.17. The Morgan fingerprint density at radius 2 is 1.80 bits per heavy atom. The average molecular weight is 272 g/mol. The molecule has 2 aliphatic rings. The minimum atomic E-state index is 0.287. The maximum atomic E-state index is 12.1. The quantitative estimate of drug-likeness (QED) is 0.891. The molecule has 1 saturated carbocycles. The van der Waals surface area contributed by atoms with Crippen LogP contribution < -0.4 is 5.32 Å². The first-order valence-electron chi connectivity index (χ1n) is 7.86. The fraction of sp³-hybridized carbons (Fsp3) is 0.588. The van der Waals surface area contributed by atoms with E-state index in [4.69, 9.17) is 0 Å². The van der Waals surface area contributed by atoms with Crippen LogP contribution in [0.3, 0.4) is 0 Å². The van der Waals surface area contributed by atoms with E-state index >= 15 is 0 Å². The summed E-state index contributed by atoms with van der Waals surface area (Å²) in [5.74, 6) is 1.02. The Hall–Kier alpha value is -1.35. The van der Waals surface area contributed by atoms with Gasteiger partial charge in [0.05, 0.1) is 6.54 Å². The van der Waals surface area contributed by atoms with Gasteiger partial charge in [0, 0.05) is 19.1 Å². The molecule has 0 aromatic heterocycles. The molecule has 1 aliphatic heterocycles. The lowest BCUT2D eigenvalue weighted by Crippen LogP contribution is -2.43. The number of nitrogens with one attached hydrogen (secondary N) is 1. The number of likely N-dealkylation sites (tertiary alicyclic amines) is 1. The highest BCUT2D eigenvalue weighted by molar-refractivity contribution is 5.78. The molecule has 0 spiro atoms. The van der Waals surface area contributed by atoms with E-state index in [1.165, 1.54) is 18.4 Å². The van der Waals surface area contributed by atoms with E-state index in [1.54, 1.807) is 0 Å². The van der Waals surface area contributed by atoms with Gasteiger partial charge in [0.15, 0.2) is 0 Å². The van der Waals surface area contributed by atoms with Gasteiger partial charge in [0.2, 0.25) is 5.91 Å². The van der Waals surface area contributed by atoms with E-state index in [2.05, 4.69) is 35.6 Å². The molecular weight excluding hydrogens is 248 g/mol. The lowest BCUT2D eigenvalue weighted by molar-refractivity contribution is -0.131. The van der Waals surface area contributed by atoms with Crippen LogP contribution in [0.2, 0.25) is 0 Å². The third kappa shape index (κ3) is 3.83. The summed E-state index contributed by atoms with van der Waals surface area (Å²) in [6.07, 6.45) is 5.93. The van der Waals surface area contributed by atoms with E-state index in [1.807, 2.05) is 4.90 Å². The van der Waals surface area contributed by atoms with E-state index in [9.17, 15) is 4.79 Å². The number of piperidine rings is 1. The summed E-state index contributed by atoms with van der Waals surface area (Å²) in [5.41, 5.74) is 1.42. The van der Waals surface area contributed by atoms with Crippen LogP contribution in [-0.4, -0.2) is 36.5 Å². The Kier molecular flexibility index (Phi) is 4.36. The predicted molar refractivity (Wildman–Crippen MR) is 80.5 cm³/mol. The highest BCUT2D eigenvalue weighted by Gasteiger charge is 2.25. The van der Waals surface area contributed by atoms with Crippen molar-refractivity contribution in [1.29, 1.82) is 0 Å². The first-order valence-corrected chi connectivity index (χ1v) is 7.86. The molecule has 1 amide bonds. The minimum Gasteiger partial charge on any atom is -0.342 e. The molecule has 3 nitrogen and oxygen atoms in total. The summed E-state index contributed by atoms with van der Waals surface area (Å²) >= 11 is 0. The molecule has 3 rings (SSSR count). The van der Waals surface area contributed by atoms with Crippen LogP contribution in [0.4, 0.5) is 0 Å². The lowest BCUT2D eigenvalue weighted by atomic mass is 9.90. The van der Waals surface area contributed by atoms with Gasteiger partial charge in [-0.25, -0.2) is 0 Å². The summed E-state index contributed by atoms with van der Waals surface area (Å²) in [4.78, 5) is 14.1. The normalized spacial score (nSPS) is 20.1. The summed E-state index contributed by atoms with van der Waals surface area (Å²) in [6, 6.07) is 11.3. The Morgan fingerprint density at radius 1 is 1.10 bits per heavy atom. The molecule has 1 saturated heterocycles. The summed E-state index contributed by atoms with van der Waals surface area (Å²) in [7, 11) is 0. The Labute approximate surface area is 121 Å². The van der Waals surface area contributed by atoms with Crippen LogP contribution in [0.5, 0.6) is 0 Å². The maximum absolute atomic E-state index is 12.1. The van der Waals surface area contributed by atoms with Gasteiger partial charge in [-0.05, 0) is 43.6 Å². The molecule has 0 unspecified atom stereocenters. The highest BCUT2D eigenvalue weighted by Crippen LogP contribution is 2.22. The summed E-state index contributed by atoms with van der Waals surface area (Å²) < 4.78 is 0. The van der Waals surface area contributed by atoms with Gasteiger partial charge in [0.1, 0.15) is 0 Å². The van der Waals surface area contributed by atoms with E-state index in [-0.39, 0.29) is 5.91 Å². The molecule has 1 aliphatic carbocycles. The van der Waals surface area contributed by atoms with Crippen LogP contribution in [-0.2, 0) is 11.2 Å². The fourth-order valence-corrected chi connectivity index (χ4v) is 2.96. The molecule has 0 atom stereocenters. The largest absolute Gasteiger partial charge is 0.342 e. The molecule has 1 aromatic carbocycles. The molecule has 20 heavy (non-hydrogen) atoms. The molecule has 1 heterocycles. The van der Waals surface area contributed by atoms with Crippen LogP contribution >= 0.6 is 0 Å². The summed E-state index contributed by atoms with van der Waals surface area (Å²) in [6.45, 7) is 2.40. The van der Waals surface area contributed by atoms with Crippen LogP contribution in [0.25, 0.3) is 0 Å². The van der Waals surface area contributed by atoms with Crippen molar-refractivity contribution in [2.45, 2.75) is 38.1 Å². The molecule has 2 fully saturated rings. The van der Waals surface area contributed by atoms with Crippen molar-refractivity contribution in [1.82, 2.24) is 10.2 Å². The van der Waals surface area contributed by atoms with Crippen LogP contribution in [0.1, 0.15) is 31.2 Å². The second kappa shape index (κ2) is 6.40. The SMILES string of the molecule is O=C(CNC1CC1)N1CCC(Cc2ccccc2)CC1. The number of benzene rings is 1. The molecule has 3 heteroatoms. The van der Waals surface area contributed by atoms with Gasteiger partial charge in [-0.15, -0.1) is 0 Å².